The first-order valence-electron chi connectivity index (χ1n) is 10.8. The molecule has 0 saturated heterocycles. The van der Waals surface area contributed by atoms with E-state index in [0.717, 1.165) is 27.0 Å². The number of aromatic nitrogens is 4. The number of furan rings is 1. The van der Waals surface area contributed by atoms with Crippen LogP contribution in [-0.2, 0) is 6.61 Å². The van der Waals surface area contributed by atoms with Crippen molar-refractivity contribution in [2.75, 3.05) is 14.2 Å². The van der Waals surface area contributed by atoms with E-state index in [1.54, 1.807) is 24.9 Å². The summed E-state index contributed by atoms with van der Waals surface area (Å²) in [5.74, 6) is 1.94. The van der Waals surface area contributed by atoms with Crippen LogP contribution in [0.1, 0.15) is 5.56 Å². The van der Waals surface area contributed by atoms with Gasteiger partial charge in [-0.15, -0.1) is 5.10 Å². The van der Waals surface area contributed by atoms with Crippen molar-refractivity contribution in [3.05, 3.63) is 78.8 Å². The number of benzene rings is 2. The molecule has 0 saturated carbocycles. The average Bonchev–Trinajstić information content (AvgIpc) is 3.60. The molecule has 0 atom stereocenters. The summed E-state index contributed by atoms with van der Waals surface area (Å²) in [6.45, 7) is 0.390. The predicted octanol–water partition coefficient (Wildman–Crippen LogP) is 5.86. The molecule has 0 aliphatic heterocycles. The van der Waals surface area contributed by atoms with Gasteiger partial charge in [0.15, 0.2) is 5.76 Å². The maximum absolute atomic E-state index is 6.25. The molecule has 0 spiro atoms. The summed E-state index contributed by atoms with van der Waals surface area (Å²) in [5, 5.41) is 5.72. The molecule has 0 aliphatic rings. The highest BCUT2D eigenvalue weighted by atomic mass is 32.1. The third kappa shape index (κ3) is 4.06. The summed E-state index contributed by atoms with van der Waals surface area (Å²) in [6, 6.07) is 17.8. The minimum absolute atomic E-state index is 0.390. The van der Waals surface area contributed by atoms with Crippen molar-refractivity contribution in [2.45, 2.75) is 6.61 Å². The number of imidazole rings is 1. The van der Waals surface area contributed by atoms with Gasteiger partial charge >= 0.3 is 0 Å². The van der Waals surface area contributed by atoms with Gasteiger partial charge in [-0.3, -0.25) is 4.98 Å². The van der Waals surface area contributed by atoms with Crippen molar-refractivity contribution >= 4 is 27.3 Å². The number of rotatable bonds is 7. The molecule has 0 bridgehead atoms. The third-order valence-corrected chi connectivity index (χ3v) is 6.46. The van der Waals surface area contributed by atoms with Gasteiger partial charge in [0.25, 0.3) is 5.19 Å². The molecule has 8 nitrogen and oxygen atoms in total. The van der Waals surface area contributed by atoms with Crippen LogP contribution < -0.4 is 14.2 Å². The second kappa shape index (κ2) is 8.77. The van der Waals surface area contributed by atoms with Crippen LogP contribution in [0.2, 0.25) is 0 Å². The number of hydrogen-bond donors (Lipinski definition) is 0. The van der Waals surface area contributed by atoms with Crippen molar-refractivity contribution < 1.29 is 18.6 Å². The van der Waals surface area contributed by atoms with Gasteiger partial charge < -0.3 is 18.6 Å². The number of pyridine rings is 1. The van der Waals surface area contributed by atoms with E-state index in [1.807, 2.05) is 54.9 Å². The molecule has 0 unspecified atom stereocenters. The number of fused-ring (bicyclic) bond motifs is 2. The molecule has 35 heavy (non-hydrogen) atoms. The van der Waals surface area contributed by atoms with E-state index in [4.69, 9.17) is 18.6 Å². The second-order valence-corrected chi connectivity index (χ2v) is 8.72. The summed E-state index contributed by atoms with van der Waals surface area (Å²) < 4.78 is 24.7. The van der Waals surface area contributed by atoms with E-state index in [9.17, 15) is 0 Å². The minimum Gasteiger partial charge on any atom is -0.496 e. The highest BCUT2D eigenvalue weighted by molar-refractivity contribution is 7.18. The summed E-state index contributed by atoms with van der Waals surface area (Å²) in [6.07, 6.45) is 5.43. The normalized spacial score (nSPS) is 11.3. The molecular weight excluding hydrogens is 464 g/mol. The van der Waals surface area contributed by atoms with Crippen molar-refractivity contribution in [1.82, 2.24) is 19.6 Å². The van der Waals surface area contributed by atoms with Crippen LogP contribution in [0.25, 0.3) is 38.5 Å². The zero-order chi connectivity index (χ0) is 23.8. The molecule has 4 heterocycles. The van der Waals surface area contributed by atoms with Gasteiger partial charge in [-0.05, 0) is 46.2 Å². The Bertz CT molecular complexity index is 1610. The van der Waals surface area contributed by atoms with Gasteiger partial charge in [-0.1, -0.05) is 24.3 Å². The molecule has 174 valence electrons. The summed E-state index contributed by atoms with van der Waals surface area (Å²) in [4.78, 5) is 9.55. The van der Waals surface area contributed by atoms with Crippen LogP contribution in [0.15, 0.2) is 77.6 Å². The third-order valence-electron chi connectivity index (χ3n) is 5.58. The monoisotopic (exact) mass is 484 g/mol. The quantitative estimate of drug-likeness (QED) is 0.280. The summed E-state index contributed by atoms with van der Waals surface area (Å²) >= 11 is 1.36. The highest BCUT2D eigenvalue weighted by Crippen LogP contribution is 2.37. The van der Waals surface area contributed by atoms with E-state index in [-0.39, 0.29) is 0 Å². The van der Waals surface area contributed by atoms with Crippen molar-refractivity contribution in [2.24, 2.45) is 0 Å². The smallest absolute Gasteiger partial charge is 0.294 e. The minimum atomic E-state index is 0.390. The Morgan fingerprint density at radius 3 is 2.71 bits per heavy atom. The van der Waals surface area contributed by atoms with Gasteiger partial charge in [-0.25, -0.2) is 9.50 Å². The molecule has 4 aromatic heterocycles. The lowest BCUT2D eigenvalue weighted by Crippen LogP contribution is -1.97. The lowest BCUT2D eigenvalue weighted by molar-refractivity contribution is 0.307. The van der Waals surface area contributed by atoms with Gasteiger partial charge in [0.1, 0.15) is 29.4 Å². The molecule has 0 N–H and O–H groups in total. The second-order valence-electron chi connectivity index (χ2n) is 7.80. The fourth-order valence-electron chi connectivity index (χ4n) is 3.86. The first-order valence-corrected chi connectivity index (χ1v) is 11.7. The Morgan fingerprint density at radius 1 is 1.00 bits per heavy atom. The molecule has 6 rings (SSSR count). The largest absolute Gasteiger partial charge is 0.496 e. The molecule has 9 heteroatoms. The Hall–Kier alpha value is -4.37. The fraction of sp³-hybridized carbons (Fsp3) is 0.115. The molecule has 0 aliphatic carbocycles. The Balaban J connectivity index is 1.31. The number of methoxy groups -OCH3 is 2. The van der Waals surface area contributed by atoms with Crippen LogP contribution in [-0.4, -0.2) is 33.8 Å². The van der Waals surface area contributed by atoms with Crippen LogP contribution in [0.3, 0.4) is 0 Å². The maximum Gasteiger partial charge on any atom is 0.294 e. The highest BCUT2D eigenvalue weighted by Gasteiger charge is 2.17. The average molecular weight is 485 g/mol. The van der Waals surface area contributed by atoms with Gasteiger partial charge in [0.2, 0.25) is 4.96 Å². The Morgan fingerprint density at radius 2 is 1.91 bits per heavy atom. The van der Waals surface area contributed by atoms with Crippen molar-refractivity contribution in [1.29, 1.82) is 0 Å². The van der Waals surface area contributed by atoms with Gasteiger partial charge in [0.05, 0.1) is 25.8 Å². The molecule has 6 aromatic rings. The first kappa shape index (κ1) is 21.2. The van der Waals surface area contributed by atoms with Crippen LogP contribution in [0.5, 0.6) is 16.7 Å². The summed E-state index contributed by atoms with van der Waals surface area (Å²) in [5.41, 5.74) is 4.52. The standard InChI is InChI=1S/C26H20N4O4S/c1-31-19-10-22(33-15-16-5-3-6-17(9-16)18-7-4-8-27-13-18)20-12-24(34-23(20)11-19)21-14-30-25(28-21)35-26(29-30)32-2/h3-14H,15H2,1-2H3. The molecule has 0 fully saturated rings. The van der Waals surface area contributed by atoms with Crippen LogP contribution in [0.4, 0.5) is 0 Å². The molecular formula is C26H20N4O4S. The van der Waals surface area contributed by atoms with Gasteiger partial charge in [0, 0.05) is 24.5 Å². The van der Waals surface area contributed by atoms with Crippen LogP contribution in [0, 0.1) is 0 Å². The Kier molecular flexibility index (Phi) is 5.31. The SMILES string of the molecule is COc1cc(OCc2cccc(-c3cccnc3)c2)c2cc(-c3cn4nc(OC)sc4n3)oc2c1. The number of nitrogens with zero attached hydrogens (tertiary/aromatic N) is 4. The summed E-state index contributed by atoms with van der Waals surface area (Å²) in [7, 11) is 3.21. The van der Waals surface area contributed by atoms with E-state index in [0.29, 0.717) is 40.3 Å². The molecule has 0 radical (unpaired) electrons. The zero-order valence-electron chi connectivity index (χ0n) is 19.0. The Labute approximate surface area is 204 Å². The van der Waals surface area contributed by atoms with E-state index >= 15 is 0 Å². The number of ether oxygens (including phenoxy) is 3. The van der Waals surface area contributed by atoms with Crippen molar-refractivity contribution in [3.8, 4) is 39.3 Å². The van der Waals surface area contributed by atoms with Crippen LogP contribution >= 0.6 is 11.3 Å². The lowest BCUT2D eigenvalue weighted by Gasteiger charge is -2.10. The lowest BCUT2D eigenvalue weighted by atomic mass is 10.1. The van der Waals surface area contributed by atoms with Gasteiger partial charge in [-0.2, -0.15) is 0 Å². The van der Waals surface area contributed by atoms with E-state index < -0.39 is 0 Å². The van der Waals surface area contributed by atoms with E-state index in [1.165, 1.54) is 11.3 Å². The van der Waals surface area contributed by atoms with Crippen molar-refractivity contribution in [3.63, 3.8) is 0 Å². The van der Waals surface area contributed by atoms with E-state index in [2.05, 4.69) is 27.2 Å². The number of hydrogen-bond acceptors (Lipinski definition) is 8. The topological polar surface area (TPSA) is 83.9 Å². The fourth-order valence-corrected chi connectivity index (χ4v) is 4.56. The first-order chi connectivity index (χ1) is 17.2. The molecule has 2 aromatic carbocycles. The zero-order valence-corrected chi connectivity index (χ0v) is 19.8. The maximum atomic E-state index is 6.25. The predicted molar refractivity (Wildman–Crippen MR) is 133 cm³/mol. The molecule has 0 amide bonds.